The second kappa shape index (κ2) is 9.61. The number of anilines is 2. The Morgan fingerprint density at radius 1 is 1.12 bits per heavy atom. The van der Waals surface area contributed by atoms with Gasteiger partial charge >= 0.3 is 0 Å². The fourth-order valence-corrected chi connectivity index (χ4v) is 4.28. The molecule has 0 spiro atoms. The molecule has 0 radical (unpaired) electrons. The number of hydrogen-bond acceptors (Lipinski definition) is 5. The summed E-state index contributed by atoms with van der Waals surface area (Å²) in [5.74, 6) is 0.158. The molecule has 2 aromatic rings. The molecular formula is C25H32N4O3. The average Bonchev–Trinajstić information content (AvgIpc) is 2.77. The number of fused-ring (bicyclic) bond motifs is 1. The molecule has 170 valence electrons. The van der Waals surface area contributed by atoms with Crippen molar-refractivity contribution >= 4 is 23.2 Å². The van der Waals surface area contributed by atoms with Gasteiger partial charge in [-0.15, -0.1) is 0 Å². The van der Waals surface area contributed by atoms with Crippen molar-refractivity contribution in [3.8, 4) is 5.75 Å². The minimum absolute atomic E-state index is 0.0135. The van der Waals surface area contributed by atoms with Crippen LogP contribution >= 0.6 is 0 Å². The molecule has 2 aliphatic heterocycles. The Bertz CT molecular complexity index is 999. The van der Waals surface area contributed by atoms with Crippen molar-refractivity contribution in [2.24, 2.45) is 0 Å². The van der Waals surface area contributed by atoms with Gasteiger partial charge < -0.3 is 20.3 Å². The van der Waals surface area contributed by atoms with Crippen molar-refractivity contribution in [3.05, 3.63) is 53.1 Å². The van der Waals surface area contributed by atoms with Crippen molar-refractivity contribution < 1.29 is 14.3 Å². The van der Waals surface area contributed by atoms with E-state index in [4.69, 9.17) is 4.74 Å². The quantitative estimate of drug-likeness (QED) is 0.728. The average molecular weight is 437 g/mol. The molecule has 2 heterocycles. The molecule has 1 fully saturated rings. The summed E-state index contributed by atoms with van der Waals surface area (Å²) in [5, 5.41) is 5.77. The van der Waals surface area contributed by atoms with Gasteiger partial charge in [0, 0.05) is 45.0 Å². The van der Waals surface area contributed by atoms with E-state index in [2.05, 4.69) is 52.5 Å². The third-order valence-corrected chi connectivity index (χ3v) is 6.36. The maximum Gasteiger partial charge on any atom is 0.266 e. The van der Waals surface area contributed by atoms with Crippen LogP contribution in [0.4, 0.5) is 11.4 Å². The number of carbonyl (C=O) groups excluding carboxylic acids is 2. The highest BCUT2D eigenvalue weighted by Crippen LogP contribution is 2.31. The summed E-state index contributed by atoms with van der Waals surface area (Å²) in [7, 11) is 0. The van der Waals surface area contributed by atoms with Gasteiger partial charge in [-0.1, -0.05) is 18.2 Å². The molecule has 0 aliphatic carbocycles. The minimum atomic E-state index is -0.800. The Morgan fingerprint density at radius 2 is 1.91 bits per heavy atom. The minimum Gasteiger partial charge on any atom is -0.478 e. The van der Waals surface area contributed by atoms with E-state index in [9.17, 15) is 9.59 Å². The van der Waals surface area contributed by atoms with Crippen molar-refractivity contribution in [3.63, 3.8) is 0 Å². The maximum atomic E-state index is 12.4. The van der Waals surface area contributed by atoms with Crippen molar-refractivity contribution in [2.45, 2.75) is 33.3 Å². The molecule has 4 rings (SSSR count). The lowest BCUT2D eigenvalue weighted by molar-refractivity contribution is -0.130. The lowest BCUT2D eigenvalue weighted by atomic mass is 10.1. The summed E-state index contributed by atoms with van der Waals surface area (Å²) in [5.41, 5.74) is 5.69. The molecule has 7 nitrogen and oxygen atoms in total. The SMILES string of the molecule is Cc1ccc2c(c1)NC(=O)C(CC(=O)NCCN1CCN(c3cccc(C)c3C)CC1)O2. The van der Waals surface area contributed by atoms with Crippen LogP contribution in [0.15, 0.2) is 36.4 Å². The second-order valence-corrected chi connectivity index (χ2v) is 8.70. The highest BCUT2D eigenvalue weighted by molar-refractivity contribution is 6.00. The van der Waals surface area contributed by atoms with Gasteiger partial charge in [0.2, 0.25) is 5.91 Å². The Kier molecular flexibility index (Phi) is 6.65. The van der Waals surface area contributed by atoms with Crippen molar-refractivity contribution in [1.29, 1.82) is 0 Å². The van der Waals surface area contributed by atoms with Crippen LogP contribution in [0.2, 0.25) is 0 Å². The Balaban J connectivity index is 1.19. The van der Waals surface area contributed by atoms with E-state index in [-0.39, 0.29) is 18.2 Å². The third-order valence-electron chi connectivity index (χ3n) is 6.36. The summed E-state index contributed by atoms with van der Waals surface area (Å²) >= 11 is 0. The van der Waals surface area contributed by atoms with E-state index < -0.39 is 6.10 Å². The first-order chi connectivity index (χ1) is 15.4. The second-order valence-electron chi connectivity index (χ2n) is 8.70. The lowest BCUT2D eigenvalue weighted by Crippen LogP contribution is -2.49. The zero-order valence-electron chi connectivity index (χ0n) is 19.1. The molecule has 0 saturated carbocycles. The zero-order valence-corrected chi connectivity index (χ0v) is 19.1. The fraction of sp³-hybridized carbons (Fsp3) is 0.440. The molecule has 2 amide bonds. The molecule has 2 aliphatic rings. The molecular weight excluding hydrogens is 404 g/mol. The summed E-state index contributed by atoms with van der Waals surface area (Å²) in [6, 6.07) is 12.1. The van der Waals surface area contributed by atoms with Crippen LogP contribution in [-0.2, 0) is 9.59 Å². The van der Waals surface area contributed by atoms with Crippen LogP contribution in [0.1, 0.15) is 23.1 Å². The smallest absolute Gasteiger partial charge is 0.266 e. The molecule has 0 bridgehead atoms. The summed E-state index contributed by atoms with van der Waals surface area (Å²) in [6.07, 6.45) is -0.786. The largest absolute Gasteiger partial charge is 0.478 e. The zero-order chi connectivity index (χ0) is 22.7. The first-order valence-electron chi connectivity index (χ1n) is 11.3. The van der Waals surface area contributed by atoms with Crippen LogP contribution in [-0.4, -0.2) is 62.1 Å². The lowest BCUT2D eigenvalue weighted by Gasteiger charge is -2.37. The third kappa shape index (κ3) is 5.05. The topological polar surface area (TPSA) is 73.9 Å². The normalized spacial score (nSPS) is 18.5. The van der Waals surface area contributed by atoms with Crippen LogP contribution in [0.3, 0.4) is 0 Å². The Morgan fingerprint density at radius 3 is 2.69 bits per heavy atom. The number of nitrogens with one attached hydrogen (secondary N) is 2. The van der Waals surface area contributed by atoms with Gasteiger partial charge in [-0.2, -0.15) is 0 Å². The first-order valence-corrected chi connectivity index (χ1v) is 11.3. The molecule has 2 aromatic carbocycles. The summed E-state index contributed by atoms with van der Waals surface area (Å²) in [6.45, 7) is 11.5. The van der Waals surface area contributed by atoms with Gasteiger partial charge in [0.25, 0.3) is 5.91 Å². The number of ether oxygens (including phenoxy) is 1. The Labute approximate surface area is 189 Å². The predicted octanol–water partition coefficient (Wildman–Crippen LogP) is 2.64. The van der Waals surface area contributed by atoms with Crippen LogP contribution in [0.25, 0.3) is 0 Å². The fourth-order valence-electron chi connectivity index (χ4n) is 4.28. The number of aryl methyl sites for hydroxylation is 2. The van der Waals surface area contributed by atoms with E-state index in [1.165, 1.54) is 16.8 Å². The van der Waals surface area contributed by atoms with Crippen LogP contribution in [0.5, 0.6) is 5.75 Å². The molecule has 0 aromatic heterocycles. The molecule has 7 heteroatoms. The van der Waals surface area contributed by atoms with Gasteiger partial charge in [-0.25, -0.2) is 0 Å². The number of rotatable bonds is 6. The standard InChI is InChI=1S/C25H32N4O3/c1-17-7-8-22-20(15-17)27-25(31)23(32-22)16-24(30)26-9-10-28-11-13-29(14-12-28)21-6-4-5-18(2)19(21)3/h4-8,15,23H,9-14,16H2,1-3H3,(H,26,30)(H,27,31). The van der Waals surface area contributed by atoms with Crippen molar-refractivity contribution in [1.82, 2.24) is 10.2 Å². The molecule has 1 saturated heterocycles. The number of benzene rings is 2. The number of amides is 2. The number of piperazine rings is 1. The predicted molar refractivity (Wildman–Crippen MR) is 126 cm³/mol. The summed E-state index contributed by atoms with van der Waals surface area (Å²) in [4.78, 5) is 29.5. The van der Waals surface area contributed by atoms with Gasteiger partial charge in [0.1, 0.15) is 5.75 Å². The molecule has 1 unspecified atom stereocenters. The van der Waals surface area contributed by atoms with E-state index in [1.807, 2.05) is 25.1 Å². The number of hydrogen-bond donors (Lipinski definition) is 2. The highest BCUT2D eigenvalue weighted by atomic mass is 16.5. The monoisotopic (exact) mass is 436 g/mol. The molecule has 2 N–H and O–H groups in total. The Hall–Kier alpha value is -3.06. The van der Waals surface area contributed by atoms with E-state index in [0.717, 1.165) is 38.3 Å². The first kappa shape index (κ1) is 22.1. The summed E-state index contributed by atoms with van der Waals surface area (Å²) < 4.78 is 5.75. The molecule has 32 heavy (non-hydrogen) atoms. The number of carbonyl (C=O) groups is 2. The number of nitrogens with zero attached hydrogens (tertiary/aromatic N) is 2. The van der Waals surface area contributed by atoms with E-state index >= 15 is 0 Å². The van der Waals surface area contributed by atoms with E-state index in [0.29, 0.717) is 18.0 Å². The van der Waals surface area contributed by atoms with Gasteiger partial charge in [-0.05, 0) is 55.7 Å². The molecule has 1 atom stereocenters. The van der Waals surface area contributed by atoms with Crippen LogP contribution in [0, 0.1) is 20.8 Å². The maximum absolute atomic E-state index is 12.4. The van der Waals surface area contributed by atoms with Gasteiger partial charge in [0.05, 0.1) is 12.1 Å². The highest BCUT2D eigenvalue weighted by Gasteiger charge is 2.29. The van der Waals surface area contributed by atoms with Gasteiger partial charge in [0.15, 0.2) is 6.10 Å². The van der Waals surface area contributed by atoms with Crippen LogP contribution < -0.4 is 20.3 Å². The van der Waals surface area contributed by atoms with Gasteiger partial charge in [-0.3, -0.25) is 14.5 Å². The van der Waals surface area contributed by atoms with E-state index in [1.54, 1.807) is 0 Å². The van der Waals surface area contributed by atoms with Crippen molar-refractivity contribution in [2.75, 3.05) is 49.5 Å².